The molecule has 16 heavy (non-hydrogen) atoms. The van der Waals surface area contributed by atoms with Crippen molar-refractivity contribution < 1.29 is 9.53 Å². The maximum Gasteiger partial charge on any atom is 0.342 e. The summed E-state index contributed by atoms with van der Waals surface area (Å²) >= 11 is 0. The van der Waals surface area contributed by atoms with Gasteiger partial charge in [-0.15, -0.1) is 0 Å². The number of hydrogen-bond acceptors (Lipinski definition) is 2. The lowest BCUT2D eigenvalue weighted by Gasteiger charge is -2.22. The highest BCUT2D eigenvalue weighted by molar-refractivity contribution is 5.94. The zero-order valence-corrected chi connectivity index (χ0v) is 11.0. The molecule has 2 nitrogen and oxygen atoms in total. The minimum atomic E-state index is -0.208. The lowest BCUT2D eigenvalue weighted by Crippen LogP contribution is -2.10. The monoisotopic (exact) mass is 222 g/mol. The molecule has 0 fully saturated rings. The summed E-state index contributed by atoms with van der Waals surface area (Å²) in [5, 5.41) is 0. The minimum absolute atomic E-state index is 0.208. The summed E-state index contributed by atoms with van der Waals surface area (Å²) in [6.07, 6.45) is 5.90. The van der Waals surface area contributed by atoms with E-state index < -0.39 is 0 Å². The van der Waals surface area contributed by atoms with Gasteiger partial charge in [-0.25, -0.2) is 4.79 Å². The van der Waals surface area contributed by atoms with Crippen LogP contribution >= 0.6 is 0 Å². The van der Waals surface area contributed by atoms with Crippen molar-refractivity contribution in [1.29, 1.82) is 0 Å². The summed E-state index contributed by atoms with van der Waals surface area (Å²) in [4.78, 5) is 11.3. The van der Waals surface area contributed by atoms with Gasteiger partial charge in [0.05, 0.1) is 5.57 Å². The average Bonchev–Trinajstić information content (AvgIpc) is 2.38. The van der Waals surface area contributed by atoms with E-state index in [9.17, 15) is 4.79 Å². The Morgan fingerprint density at radius 1 is 1.44 bits per heavy atom. The zero-order valence-electron chi connectivity index (χ0n) is 11.0. The fourth-order valence-electron chi connectivity index (χ4n) is 2.11. The molecule has 0 radical (unpaired) electrons. The van der Waals surface area contributed by atoms with Crippen molar-refractivity contribution in [1.82, 2.24) is 0 Å². The Morgan fingerprint density at radius 2 is 2.06 bits per heavy atom. The molecule has 90 valence electrons. The summed E-state index contributed by atoms with van der Waals surface area (Å²) in [6, 6.07) is 0. The Hall–Kier alpha value is -1.05. The van der Waals surface area contributed by atoms with Crippen molar-refractivity contribution in [3.63, 3.8) is 0 Å². The molecule has 2 heteroatoms. The van der Waals surface area contributed by atoms with E-state index in [1.165, 1.54) is 0 Å². The van der Waals surface area contributed by atoms with Crippen molar-refractivity contribution in [3.8, 4) is 0 Å². The third-order valence-electron chi connectivity index (χ3n) is 2.55. The van der Waals surface area contributed by atoms with E-state index in [1.54, 1.807) is 6.92 Å². The fourth-order valence-corrected chi connectivity index (χ4v) is 2.11. The predicted octanol–water partition coefficient (Wildman–Crippen LogP) is 3.84. The summed E-state index contributed by atoms with van der Waals surface area (Å²) in [5.74, 6) is 1.08. The van der Waals surface area contributed by atoms with E-state index in [4.69, 9.17) is 4.74 Å². The second-order valence-corrected chi connectivity index (χ2v) is 5.91. The van der Waals surface area contributed by atoms with Crippen LogP contribution in [-0.4, -0.2) is 5.97 Å². The van der Waals surface area contributed by atoms with Crippen molar-refractivity contribution in [2.24, 2.45) is 11.3 Å². The van der Waals surface area contributed by atoms with Crippen LogP contribution < -0.4 is 0 Å². The Morgan fingerprint density at radius 3 is 2.50 bits per heavy atom. The lowest BCUT2D eigenvalue weighted by atomic mass is 9.84. The first kappa shape index (κ1) is 13.0. The van der Waals surface area contributed by atoms with Crippen molar-refractivity contribution in [2.75, 3.05) is 0 Å². The molecule has 0 saturated heterocycles. The fraction of sp³-hybridized carbons (Fsp3) is 0.643. The lowest BCUT2D eigenvalue weighted by molar-refractivity contribution is -0.133. The van der Waals surface area contributed by atoms with Gasteiger partial charge in [0, 0.05) is 0 Å². The molecule has 0 N–H and O–H groups in total. The summed E-state index contributed by atoms with van der Waals surface area (Å²) in [6.45, 7) is 10.7. The van der Waals surface area contributed by atoms with Gasteiger partial charge in [0.1, 0.15) is 5.76 Å². The maximum absolute atomic E-state index is 11.3. The average molecular weight is 222 g/mol. The van der Waals surface area contributed by atoms with E-state index in [2.05, 4.69) is 27.7 Å². The molecule has 0 saturated carbocycles. The first-order chi connectivity index (χ1) is 7.28. The highest BCUT2D eigenvalue weighted by atomic mass is 16.5. The molecule has 1 atom stereocenters. The quantitative estimate of drug-likeness (QED) is 0.535. The highest BCUT2D eigenvalue weighted by Gasteiger charge is 2.19. The van der Waals surface area contributed by atoms with E-state index in [0.29, 0.717) is 22.7 Å². The number of hydrogen-bond donors (Lipinski definition) is 0. The van der Waals surface area contributed by atoms with Crippen LogP contribution in [0.5, 0.6) is 0 Å². The van der Waals surface area contributed by atoms with Crippen LogP contribution in [0.1, 0.15) is 47.5 Å². The standard InChI is InChI=1S/C14H22O2/c1-10(9-14(3,4)5)6-7-12-8-11(2)16-13(12)15/h7-8,10H,6,9H2,1-5H3. The molecular formula is C14H22O2. The number of carbonyl (C=O) groups is 1. The molecule has 1 aliphatic rings. The number of allylic oxidation sites excluding steroid dienone is 2. The summed E-state index contributed by atoms with van der Waals surface area (Å²) in [5.41, 5.74) is 1.05. The Kier molecular flexibility index (Phi) is 3.95. The van der Waals surface area contributed by atoms with Gasteiger partial charge in [-0.1, -0.05) is 33.8 Å². The molecule has 1 unspecified atom stereocenters. The number of carbonyl (C=O) groups excluding carboxylic acids is 1. The van der Waals surface area contributed by atoms with Gasteiger partial charge in [0.2, 0.25) is 0 Å². The van der Waals surface area contributed by atoms with Gasteiger partial charge in [-0.05, 0) is 37.2 Å². The molecule has 1 heterocycles. The molecule has 0 spiro atoms. The molecule has 0 bridgehead atoms. The second-order valence-electron chi connectivity index (χ2n) is 5.91. The van der Waals surface area contributed by atoms with E-state index in [1.807, 2.05) is 12.2 Å². The third-order valence-corrected chi connectivity index (χ3v) is 2.55. The summed E-state index contributed by atoms with van der Waals surface area (Å²) in [7, 11) is 0. The van der Waals surface area contributed by atoms with Crippen molar-refractivity contribution >= 4 is 5.97 Å². The van der Waals surface area contributed by atoms with Crippen molar-refractivity contribution in [3.05, 3.63) is 23.5 Å². The topological polar surface area (TPSA) is 26.3 Å². The molecular weight excluding hydrogens is 200 g/mol. The van der Waals surface area contributed by atoms with E-state index in [-0.39, 0.29) is 5.97 Å². The van der Waals surface area contributed by atoms with Crippen LogP contribution in [-0.2, 0) is 9.53 Å². The van der Waals surface area contributed by atoms with E-state index >= 15 is 0 Å². The molecule has 0 amide bonds. The normalized spacial score (nSPS) is 20.9. The van der Waals surface area contributed by atoms with Gasteiger partial charge < -0.3 is 4.74 Å². The van der Waals surface area contributed by atoms with Gasteiger partial charge in [-0.2, -0.15) is 0 Å². The van der Waals surface area contributed by atoms with Gasteiger partial charge in [0.25, 0.3) is 0 Å². The maximum atomic E-state index is 11.3. The van der Waals surface area contributed by atoms with Gasteiger partial charge in [-0.3, -0.25) is 0 Å². The van der Waals surface area contributed by atoms with E-state index in [0.717, 1.165) is 12.8 Å². The first-order valence-electron chi connectivity index (χ1n) is 5.88. The highest BCUT2D eigenvalue weighted by Crippen LogP contribution is 2.27. The molecule has 0 aromatic heterocycles. The molecule has 0 aromatic carbocycles. The largest absolute Gasteiger partial charge is 0.428 e. The SMILES string of the molecule is CC1=CC(=CCC(C)CC(C)(C)C)C(=O)O1. The van der Waals surface area contributed by atoms with Crippen LogP contribution in [0.15, 0.2) is 23.5 Å². The number of cyclic esters (lactones) is 1. The van der Waals surface area contributed by atoms with Crippen molar-refractivity contribution in [2.45, 2.75) is 47.5 Å². The zero-order chi connectivity index (χ0) is 12.3. The third kappa shape index (κ3) is 4.21. The van der Waals surface area contributed by atoms with Gasteiger partial charge >= 0.3 is 5.97 Å². The van der Waals surface area contributed by atoms with Gasteiger partial charge in [0.15, 0.2) is 0 Å². The van der Waals surface area contributed by atoms with Crippen LogP contribution in [0.4, 0.5) is 0 Å². The van der Waals surface area contributed by atoms with Crippen LogP contribution in [0, 0.1) is 11.3 Å². The van der Waals surface area contributed by atoms with Crippen LogP contribution in [0.25, 0.3) is 0 Å². The second kappa shape index (κ2) is 4.86. The molecule has 1 rings (SSSR count). The number of ether oxygens (including phenoxy) is 1. The predicted molar refractivity (Wildman–Crippen MR) is 65.8 cm³/mol. The Bertz CT molecular complexity index is 329. The minimum Gasteiger partial charge on any atom is -0.428 e. The van der Waals surface area contributed by atoms with Crippen LogP contribution in [0.3, 0.4) is 0 Å². The molecule has 1 aliphatic heterocycles. The molecule has 0 aliphatic carbocycles. The first-order valence-corrected chi connectivity index (χ1v) is 5.88. The van der Waals surface area contributed by atoms with Crippen LogP contribution in [0.2, 0.25) is 0 Å². The Labute approximate surface area is 98.4 Å². The summed E-state index contributed by atoms with van der Waals surface area (Å²) < 4.78 is 4.96. The smallest absolute Gasteiger partial charge is 0.342 e. The Balaban J connectivity index is 2.51. The number of rotatable bonds is 3. The molecule has 0 aromatic rings. The number of esters is 1.